The summed E-state index contributed by atoms with van der Waals surface area (Å²) in [5, 5.41) is 6.61. The molecule has 2 atom stereocenters. The van der Waals surface area contributed by atoms with Gasteiger partial charge in [0, 0.05) is 26.2 Å². The van der Waals surface area contributed by atoms with E-state index in [4.69, 9.17) is 4.74 Å². The van der Waals surface area contributed by atoms with Crippen molar-refractivity contribution in [3.05, 3.63) is 0 Å². The Hall–Kier alpha value is -0.0400. The fraction of sp³-hybridized carbons (Fsp3) is 0.909. The van der Waals surface area contributed by atoms with Gasteiger partial charge < -0.3 is 15.4 Å². The summed E-state index contributed by atoms with van der Waals surface area (Å²) in [4.78, 5) is 4.18. The summed E-state index contributed by atoms with van der Waals surface area (Å²) >= 11 is 0. The van der Waals surface area contributed by atoms with Gasteiger partial charge in [-0.15, -0.1) is 24.0 Å². The molecular formula is C11H24IN3O. The number of nitrogens with one attached hydrogen (secondary N) is 2. The Morgan fingerprint density at radius 3 is 2.81 bits per heavy atom. The zero-order valence-corrected chi connectivity index (χ0v) is 12.8. The number of aliphatic imine (C=N–C) groups is 1. The summed E-state index contributed by atoms with van der Waals surface area (Å²) in [6.45, 7) is 6.07. The highest BCUT2D eigenvalue weighted by molar-refractivity contribution is 14.0. The molecule has 0 radical (unpaired) electrons. The molecule has 0 aromatic rings. The van der Waals surface area contributed by atoms with Crippen molar-refractivity contribution in [1.29, 1.82) is 0 Å². The van der Waals surface area contributed by atoms with Gasteiger partial charge >= 0.3 is 0 Å². The molecule has 4 nitrogen and oxygen atoms in total. The highest BCUT2D eigenvalue weighted by Gasteiger charge is 2.15. The van der Waals surface area contributed by atoms with Crippen LogP contribution in [0.1, 0.15) is 33.1 Å². The lowest BCUT2D eigenvalue weighted by Gasteiger charge is -2.18. The van der Waals surface area contributed by atoms with Gasteiger partial charge in [-0.25, -0.2) is 0 Å². The highest BCUT2D eigenvalue weighted by Crippen LogP contribution is 2.10. The molecule has 1 heterocycles. The molecule has 2 N–H and O–H groups in total. The van der Waals surface area contributed by atoms with E-state index in [1.54, 1.807) is 7.05 Å². The average molecular weight is 341 g/mol. The van der Waals surface area contributed by atoms with Gasteiger partial charge in [0.2, 0.25) is 0 Å². The summed E-state index contributed by atoms with van der Waals surface area (Å²) < 4.78 is 5.53. The van der Waals surface area contributed by atoms with Crippen LogP contribution in [-0.4, -0.2) is 38.3 Å². The van der Waals surface area contributed by atoms with E-state index in [1.807, 2.05) is 0 Å². The van der Waals surface area contributed by atoms with Gasteiger partial charge in [0.15, 0.2) is 5.96 Å². The van der Waals surface area contributed by atoms with Crippen LogP contribution in [0.2, 0.25) is 0 Å². The van der Waals surface area contributed by atoms with E-state index in [9.17, 15) is 0 Å². The van der Waals surface area contributed by atoms with Crippen LogP contribution in [0.3, 0.4) is 0 Å². The zero-order valence-electron chi connectivity index (χ0n) is 10.5. The lowest BCUT2D eigenvalue weighted by atomic mass is 10.2. The zero-order chi connectivity index (χ0) is 11.1. The Labute approximate surface area is 116 Å². The predicted molar refractivity (Wildman–Crippen MR) is 78.6 cm³/mol. The van der Waals surface area contributed by atoms with Crippen LogP contribution in [-0.2, 0) is 4.74 Å². The predicted octanol–water partition coefficient (Wildman–Crippen LogP) is 1.75. The number of halogens is 1. The molecule has 5 heteroatoms. The fourth-order valence-corrected chi connectivity index (χ4v) is 1.55. The van der Waals surface area contributed by atoms with Crippen molar-refractivity contribution in [2.75, 3.05) is 20.2 Å². The molecule has 0 bridgehead atoms. The number of hydrogen-bond donors (Lipinski definition) is 2. The maximum atomic E-state index is 5.53. The minimum atomic E-state index is 0. The first-order chi connectivity index (χ1) is 7.26. The van der Waals surface area contributed by atoms with Crippen LogP contribution < -0.4 is 10.6 Å². The number of hydrogen-bond acceptors (Lipinski definition) is 2. The van der Waals surface area contributed by atoms with E-state index in [-0.39, 0.29) is 24.0 Å². The first-order valence-electron chi connectivity index (χ1n) is 5.85. The number of guanidine groups is 1. The van der Waals surface area contributed by atoms with Gasteiger partial charge in [0.1, 0.15) is 0 Å². The van der Waals surface area contributed by atoms with E-state index < -0.39 is 0 Å². The second kappa shape index (κ2) is 9.04. The largest absolute Gasteiger partial charge is 0.376 e. The fourth-order valence-electron chi connectivity index (χ4n) is 1.55. The van der Waals surface area contributed by atoms with Gasteiger partial charge in [-0.2, -0.15) is 0 Å². The Morgan fingerprint density at radius 2 is 2.31 bits per heavy atom. The number of rotatable bonds is 4. The van der Waals surface area contributed by atoms with E-state index in [0.29, 0.717) is 12.1 Å². The van der Waals surface area contributed by atoms with Crippen molar-refractivity contribution in [1.82, 2.24) is 10.6 Å². The molecule has 16 heavy (non-hydrogen) atoms. The Bertz CT molecular complexity index is 205. The van der Waals surface area contributed by atoms with Crippen LogP contribution in [0.15, 0.2) is 4.99 Å². The van der Waals surface area contributed by atoms with Crippen LogP contribution in [0.4, 0.5) is 0 Å². The van der Waals surface area contributed by atoms with Gasteiger partial charge in [0.25, 0.3) is 0 Å². The molecule has 0 spiro atoms. The molecule has 1 rings (SSSR count). The molecule has 1 aliphatic rings. The van der Waals surface area contributed by atoms with Crippen LogP contribution in [0.25, 0.3) is 0 Å². The standard InChI is InChI=1S/C11H23N3O.HI/c1-4-9(2)14-11(12-3)13-8-10-6-5-7-15-10;/h9-10H,4-8H2,1-3H3,(H2,12,13,14);1H. The SMILES string of the molecule is CCC(C)NC(=NC)NCC1CCCO1.I. The molecule has 1 aliphatic heterocycles. The van der Waals surface area contributed by atoms with Crippen molar-refractivity contribution >= 4 is 29.9 Å². The maximum absolute atomic E-state index is 5.53. The molecule has 0 aromatic heterocycles. The molecular weight excluding hydrogens is 317 g/mol. The van der Waals surface area contributed by atoms with Crippen molar-refractivity contribution in [2.45, 2.75) is 45.3 Å². The minimum absolute atomic E-state index is 0. The van der Waals surface area contributed by atoms with Crippen LogP contribution in [0.5, 0.6) is 0 Å². The summed E-state index contributed by atoms with van der Waals surface area (Å²) in [5.74, 6) is 0.875. The highest BCUT2D eigenvalue weighted by atomic mass is 127. The second-order valence-corrected chi connectivity index (χ2v) is 4.04. The van der Waals surface area contributed by atoms with Crippen molar-refractivity contribution < 1.29 is 4.74 Å². The Balaban J connectivity index is 0.00000225. The number of nitrogens with zero attached hydrogens (tertiary/aromatic N) is 1. The van der Waals surface area contributed by atoms with Gasteiger partial charge in [-0.1, -0.05) is 6.92 Å². The van der Waals surface area contributed by atoms with Crippen LogP contribution >= 0.6 is 24.0 Å². The third-order valence-corrected chi connectivity index (χ3v) is 2.74. The second-order valence-electron chi connectivity index (χ2n) is 4.04. The molecule has 1 fully saturated rings. The monoisotopic (exact) mass is 341 g/mol. The van der Waals surface area contributed by atoms with E-state index in [1.165, 1.54) is 6.42 Å². The smallest absolute Gasteiger partial charge is 0.191 e. The third kappa shape index (κ3) is 5.89. The average Bonchev–Trinajstić information content (AvgIpc) is 2.76. The first-order valence-corrected chi connectivity index (χ1v) is 5.85. The van der Waals surface area contributed by atoms with Crippen molar-refractivity contribution in [3.63, 3.8) is 0 Å². The van der Waals surface area contributed by atoms with Gasteiger partial charge in [0.05, 0.1) is 6.10 Å². The minimum Gasteiger partial charge on any atom is -0.376 e. The maximum Gasteiger partial charge on any atom is 0.191 e. The van der Waals surface area contributed by atoms with Crippen LogP contribution in [0, 0.1) is 0 Å². The third-order valence-electron chi connectivity index (χ3n) is 2.74. The molecule has 2 unspecified atom stereocenters. The molecule has 0 aliphatic carbocycles. The summed E-state index contributed by atoms with van der Waals surface area (Å²) in [6.07, 6.45) is 3.80. The molecule has 0 amide bonds. The molecule has 96 valence electrons. The number of ether oxygens (including phenoxy) is 1. The van der Waals surface area contributed by atoms with Crippen molar-refractivity contribution in [2.24, 2.45) is 4.99 Å². The summed E-state index contributed by atoms with van der Waals surface area (Å²) in [5.41, 5.74) is 0. The summed E-state index contributed by atoms with van der Waals surface area (Å²) in [7, 11) is 1.80. The molecule has 0 aromatic carbocycles. The van der Waals surface area contributed by atoms with Gasteiger partial charge in [-0.3, -0.25) is 4.99 Å². The van der Waals surface area contributed by atoms with Crippen molar-refractivity contribution in [3.8, 4) is 0 Å². The Kier molecular flexibility index (Phi) is 9.02. The quantitative estimate of drug-likeness (QED) is 0.465. The molecule has 0 saturated carbocycles. The molecule has 1 saturated heterocycles. The normalized spacial score (nSPS) is 22.4. The van der Waals surface area contributed by atoms with Gasteiger partial charge in [-0.05, 0) is 26.2 Å². The topological polar surface area (TPSA) is 45.7 Å². The van der Waals surface area contributed by atoms with E-state index >= 15 is 0 Å². The first kappa shape index (κ1) is 16.0. The lowest BCUT2D eigenvalue weighted by Crippen LogP contribution is -2.44. The lowest BCUT2D eigenvalue weighted by molar-refractivity contribution is 0.113. The summed E-state index contributed by atoms with van der Waals surface area (Å²) in [6, 6.07) is 0.459. The Morgan fingerprint density at radius 1 is 1.56 bits per heavy atom. The van der Waals surface area contributed by atoms with E-state index in [0.717, 1.165) is 32.0 Å². The van der Waals surface area contributed by atoms with E-state index in [2.05, 4.69) is 29.5 Å².